The normalized spacial score (nSPS) is 10.6. The van der Waals surface area contributed by atoms with E-state index < -0.39 is 6.09 Å². The number of nitrogens with one attached hydrogen (secondary N) is 2. The Hall–Kier alpha value is -1.30. The van der Waals surface area contributed by atoms with Gasteiger partial charge in [-0.1, -0.05) is 64.2 Å². The molecule has 0 aliphatic rings. The number of hydrogen-bond donors (Lipinski definition) is 4. The van der Waals surface area contributed by atoms with Crippen molar-refractivity contribution < 1.29 is 19.8 Å². The molecule has 0 saturated heterocycles. The molecule has 2 amide bonds. The van der Waals surface area contributed by atoms with E-state index in [9.17, 15) is 9.59 Å². The molecule has 0 bridgehead atoms. The van der Waals surface area contributed by atoms with Crippen molar-refractivity contribution in [2.24, 2.45) is 0 Å². The zero-order valence-corrected chi connectivity index (χ0v) is 15.7. The Morgan fingerprint density at radius 1 is 0.600 bits per heavy atom. The molecule has 0 spiro atoms. The van der Waals surface area contributed by atoms with Gasteiger partial charge in [0.25, 0.3) is 0 Å². The van der Waals surface area contributed by atoms with Crippen LogP contribution in [0, 0.1) is 0 Å². The van der Waals surface area contributed by atoms with Crippen molar-refractivity contribution in [2.45, 2.75) is 89.9 Å². The Bertz CT molecular complexity index is 325. The third kappa shape index (κ3) is 20.7. The predicted octanol–water partition coefficient (Wildman–Crippen LogP) is 3.82. The molecule has 0 aromatic rings. The Morgan fingerprint density at radius 2 is 1.04 bits per heavy atom. The van der Waals surface area contributed by atoms with Crippen molar-refractivity contribution in [2.75, 3.05) is 19.7 Å². The maximum absolute atomic E-state index is 11.6. The summed E-state index contributed by atoms with van der Waals surface area (Å²) in [7, 11) is 0. The number of aliphatic hydroxyl groups excluding tert-OH is 1. The zero-order valence-electron chi connectivity index (χ0n) is 15.7. The molecule has 0 saturated carbocycles. The molecule has 4 N–H and O–H groups in total. The maximum Gasteiger partial charge on any atom is 0.404 e. The number of amides is 2. The minimum absolute atomic E-state index is 0.0662. The van der Waals surface area contributed by atoms with E-state index in [-0.39, 0.29) is 5.91 Å². The highest BCUT2D eigenvalue weighted by Crippen LogP contribution is 2.12. The minimum Gasteiger partial charge on any atom is -0.465 e. The van der Waals surface area contributed by atoms with Crippen LogP contribution in [-0.2, 0) is 4.79 Å². The molecule has 0 aromatic heterocycles. The van der Waals surface area contributed by atoms with E-state index in [1.807, 2.05) is 0 Å². The van der Waals surface area contributed by atoms with E-state index in [1.165, 1.54) is 51.4 Å². The summed E-state index contributed by atoms with van der Waals surface area (Å²) in [5.41, 5.74) is 0. The molecule has 0 radical (unpaired) electrons. The van der Waals surface area contributed by atoms with Crippen LogP contribution in [0.25, 0.3) is 0 Å². The van der Waals surface area contributed by atoms with Crippen LogP contribution < -0.4 is 10.6 Å². The monoisotopic (exact) mass is 358 g/mol. The lowest BCUT2D eigenvalue weighted by Crippen LogP contribution is -2.28. The van der Waals surface area contributed by atoms with Crippen molar-refractivity contribution in [1.82, 2.24) is 10.6 Å². The number of carboxylic acid groups (broad SMARTS) is 1. The van der Waals surface area contributed by atoms with Gasteiger partial charge in [0.2, 0.25) is 5.91 Å². The van der Waals surface area contributed by atoms with Crippen molar-refractivity contribution >= 4 is 12.0 Å². The van der Waals surface area contributed by atoms with Gasteiger partial charge in [-0.2, -0.15) is 0 Å². The smallest absolute Gasteiger partial charge is 0.404 e. The van der Waals surface area contributed by atoms with Crippen molar-refractivity contribution in [3.8, 4) is 0 Å². The lowest BCUT2D eigenvalue weighted by atomic mass is 10.0. The lowest BCUT2D eigenvalue weighted by Gasteiger charge is -2.05. The van der Waals surface area contributed by atoms with Gasteiger partial charge in [-0.15, -0.1) is 0 Å². The summed E-state index contributed by atoms with van der Waals surface area (Å²) in [5, 5.41) is 22.2. The Morgan fingerprint density at radius 3 is 1.52 bits per heavy atom. The summed E-state index contributed by atoms with van der Waals surface area (Å²) in [4.78, 5) is 21.8. The summed E-state index contributed by atoms with van der Waals surface area (Å²) < 4.78 is 0. The number of carbonyl (C=O) groups is 2. The average Bonchev–Trinajstić information content (AvgIpc) is 2.58. The molecule has 0 rings (SSSR count). The fourth-order valence-electron chi connectivity index (χ4n) is 2.77. The van der Waals surface area contributed by atoms with Gasteiger partial charge < -0.3 is 20.8 Å². The first-order valence-corrected chi connectivity index (χ1v) is 10.0. The molecule has 148 valence electrons. The second-order valence-electron chi connectivity index (χ2n) is 6.65. The summed E-state index contributed by atoms with van der Waals surface area (Å²) >= 11 is 0. The van der Waals surface area contributed by atoms with Gasteiger partial charge >= 0.3 is 6.09 Å². The van der Waals surface area contributed by atoms with Gasteiger partial charge in [0.05, 0.1) is 0 Å². The van der Waals surface area contributed by atoms with Crippen molar-refractivity contribution in [3.05, 3.63) is 0 Å². The number of unbranched alkanes of at least 4 members (excludes halogenated alkanes) is 11. The standard InChI is InChI=1S/C19H38N2O4/c22-17-12-10-8-6-4-2-1-3-5-7-9-11-14-18(23)20-15-13-16-21-19(24)25/h21-22H,1-17H2,(H,20,23)(H,24,25). The van der Waals surface area contributed by atoms with Crippen LogP contribution in [0.5, 0.6) is 0 Å². The molecule has 0 fully saturated rings. The van der Waals surface area contributed by atoms with Crippen molar-refractivity contribution in [3.63, 3.8) is 0 Å². The maximum atomic E-state index is 11.6. The van der Waals surface area contributed by atoms with E-state index in [2.05, 4.69) is 10.6 Å². The van der Waals surface area contributed by atoms with Crippen LogP contribution >= 0.6 is 0 Å². The van der Waals surface area contributed by atoms with Gasteiger partial charge in [-0.3, -0.25) is 4.79 Å². The Balaban J connectivity index is 3.14. The van der Waals surface area contributed by atoms with Gasteiger partial charge in [-0.05, 0) is 19.3 Å². The van der Waals surface area contributed by atoms with E-state index >= 15 is 0 Å². The zero-order chi connectivity index (χ0) is 18.6. The fraction of sp³-hybridized carbons (Fsp3) is 0.895. The average molecular weight is 359 g/mol. The number of aliphatic hydroxyl groups is 1. The van der Waals surface area contributed by atoms with Crippen molar-refractivity contribution in [1.29, 1.82) is 0 Å². The minimum atomic E-state index is -1.02. The topological polar surface area (TPSA) is 98.7 Å². The molecular formula is C19H38N2O4. The molecule has 6 nitrogen and oxygen atoms in total. The van der Waals surface area contributed by atoms with E-state index in [0.717, 1.165) is 25.7 Å². The molecule has 0 heterocycles. The van der Waals surface area contributed by atoms with Crippen LogP contribution in [0.4, 0.5) is 4.79 Å². The van der Waals surface area contributed by atoms with E-state index in [0.29, 0.717) is 32.5 Å². The van der Waals surface area contributed by atoms with Crippen LogP contribution in [-0.4, -0.2) is 41.9 Å². The number of rotatable bonds is 18. The van der Waals surface area contributed by atoms with Gasteiger partial charge in [0.1, 0.15) is 0 Å². The molecule has 0 aromatic carbocycles. The number of carbonyl (C=O) groups excluding carboxylic acids is 1. The molecule has 0 aliphatic carbocycles. The van der Waals surface area contributed by atoms with E-state index in [1.54, 1.807) is 0 Å². The number of hydrogen-bond acceptors (Lipinski definition) is 3. The lowest BCUT2D eigenvalue weighted by molar-refractivity contribution is -0.121. The molecule has 0 unspecified atom stereocenters. The predicted molar refractivity (Wildman–Crippen MR) is 101 cm³/mol. The highest BCUT2D eigenvalue weighted by Gasteiger charge is 2.01. The highest BCUT2D eigenvalue weighted by atomic mass is 16.4. The third-order valence-corrected chi connectivity index (χ3v) is 4.26. The first-order chi connectivity index (χ1) is 12.2. The summed E-state index contributed by atoms with van der Waals surface area (Å²) in [5.74, 6) is 0.0662. The molecule has 0 aliphatic heterocycles. The van der Waals surface area contributed by atoms with Gasteiger partial charge in [0.15, 0.2) is 0 Å². The van der Waals surface area contributed by atoms with Gasteiger partial charge in [0, 0.05) is 26.1 Å². The first kappa shape index (κ1) is 23.7. The van der Waals surface area contributed by atoms with E-state index in [4.69, 9.17) is 10.2 Å². The fourth-order valence-corrected chi connectivity index (χ4v) is 2.77. The third-order valence-electron chi connectivity index (χ3n) is 4.26. The largest absolute Gasteiger partial charge is 0.465 e. The molecule has 25 heavy (non-hydrogen) atoms. The second-order valence-corrected chi connectivity index (χ2v) is 6.65. The second kappa shape index (κ2) is 19.0. The van der Waals surface area contributed by atoms with Gasteiger partial charge in [-0.25, -0.2) is 4.79 Å². The molecule has 0 atom stereocenters. The summed E-state index contributed by atoms with van der Waals surface area (Å²) in [6, 6.07) is 0. The SMILES string of the molecule is O=C(O)NCCCNC(=O)CCCCCCCCCCCCCCO. The highest BCUT2D eigenvalue weighted by molar-refractivity contribution is 5.75. The van der Waals surface area contributed by atoms with Crippen LogP contribution in [0.3, 0.4) is 0 Å². The molecule has 6 heteroatoms. The Kier molecular flexibility index (Phi) is 18.0. The first-order valence-electron chi connectivity index (χ1n) is 10.0. The van der Waals surface area contributed by atoms with Crippen LogP contribution in [0.15, 0.2) is 0 Å². The summed E-state index contributed by atoms with van der Waals surface area (Å²) in [6.07, 6.45) is 14.5. The molecular weight excluding hydrogens is 320 g/mol. The quantitative estimate of drug-likeness (QED) is 0.280. The summed E-state index contributed by atoms with van der Waals surface area (Å²) in [6.45, 7) is 1.23. The van der Waals surface area contributed by atoms with Crippen LogP contribution in [0.2, 0.25) is 0 Å². The Labute approximate surface area is 152 Å². The van der Waals surface area contributed by atoms with Crippen LogP contribution in [0.1, 0.15) is 89.9 Å².